The second-order valence-corrected chi connectivity index (χ2v) is 4.27. The summed E-state index contributed by atoms with van der Waals surface area (Å²) in [6.07, 6.45) is 0. The predicted octanol–water partition coefficient (Wildman–Crippen LogP) is 4.40. The van der Waals surface area contributed by atoms with E-state index in [0.29, 0.717) is 10.7 Å². The van der Waals surface area contributed by atoms with Gasteiger partial charge in [0.25, 0.3) is 0 Å². The van der Waals surface area contributed by atoms with Crippen LogP contribution in [0.5, 0.6) is 0 Å². The first kappa shape index (κ1) is 12.4. The van der Waals surface area contributed by atoms with E-state index in [-0.39, 0.29) is 5.56 Å². The summed E-state index contributed by atoms with van der Waals surface area (Å²) in [6, 6.07) is 11.5. The van der Waals surface area contributed by atoms with Crippen LogP contribution in [0.1, 0.15) is 11.1 Å². The number of benzene rings is 2. The Bertz CT molecular complexity index is 612. The molecule has 2 rings (SSSR count). The molecule has 0 aliphatic heterocycles. The van der Waals surface area contributed by atoms with Crippen molar-refractivity contribution in [3.8, 4) is 6.07 Å². The Morgan fingerprint density at radius 2 is 2.06 bits per heavy atom. The maximum atomic E-state index is 13.0. The monoisotopic (exact) mass is 260 g/mol. The molecular weight excluding hydrogens is 251 g/mol. The number of rotatable bonds is 2. The molecule has 90 valence electrons. The smallest absolute Gasteiger partial charge is 0.124 e. The molecule has 0 saturated heterocycles. The zero-order valence-electron chi connectivity index (χ0n) is 9.67. The molecule has 2 aromatic carbocycles. The fourth-order valence-corrected chi connectivity index (χ4v) is 1.91. The molecule has 0 heterocycles. The number of hydrogen-bond acceptors (Lipinski definition) is 2. The highest BCUT2D eigenvalue weighted by Crippen LogP contribution is 2.30. The van der Waals surface area contributed by atoms with Gasteiger partial charge in [-0.25, -0.2) is 4.39 Å². The minimum atomic E-state index is -0.437. The Morgan fingerprint density at radius 1 is 1.28 bits per heavy atom. The van der Waals surface area contributed by atoms with Gasteiger partial charge in [-0.05, 0) is 36.8 Å². The van der Waals surface area contributed by atoms with Gasteiger partial charge in [-0.3, -0.25) is 0 Å². The summed E-state index contributed by atoms with van der Waals surface area (Å²) in [5, 5.41) is 12.6. The van der Waals surface area contributed by atoms with Crippen LogP contribution in [0.15, 0.2) is 36.4 Å². The van der Waals surface area contributed by atoms with Crippen LogP contribution in [-0.2, 0) is 0 Å². The highest BCUT2D eigenvalue weighted by atomic mass is 35.5. The number of anilines is 2. The lowest BCUT2D eigenvalue weighted by atomic mass is 10.1. The van der Waals surface area contributed by atoms with E-state index in [4.69, 9.17) is 16.9 Å². The first-order valence-corrected chi connectivity index (χ1v) is 5.71. The summed E-state index contributed by atoms with van der Waals surface area (Å²) in [6.45, 7) is 1.91. The van der Waals surface area contributed by atoms with Crippen molar-refractivity contribution in [1.29, 1.82) is 5.26 Å². The number of aryl methyl sites for hydroxylation is 1. The van der Waals surface area contributed by atoms with Gasteiger partial charge in [0.15, 0.2) is 0 Å². The molecule has 0 atom stereocenters. The summed E-state index contributed by atoms with van der Waals surface area (Å²) in [4.78, 5) is 0. The van der Waals surface area contributed by atoms with Crippen LogP contribution in [0.3, 0.4) is 0 Å². The quantitative estimate of drug-likeness (QED) is 0.869. The largest absolute Gasteiger partial charge is 0.353 e. The molecule has 0 bridgehead atoms. The molecule has 0 saturated carbocycles. The number of nitrogens with zero attached hydrogens (tertiary/aromatic N) is 1. The topological polar surface area (TPSA) is 35.8 Å². The summed E-state index contributed by atoms with van der Waals surface area (Å²) < 4.78 is 13.0. The van der Waals surface area contributed by atoms with Crippen molar-refractivity contribution in [2.45, 2.75) is 6.92 Å². The van der Waals surface area contributed by atoms with Gasteiger partial charge in [0.05, 0.1) is 22.0 Å². The lowest BCUT2D eigenvalue weighted by Crippen LogP contribution is -1.97. The lowest BCUT2D eigenvalue weighted by Gasteiger charge is -2.12. The number of nitriles is 1. The van der Waals surface area contributed by atoms with Crippen LogP contribution >= 0.6 is 11.6 Å². The van der Waals surface area contributed by atoms with Gasteiger partial charge in [-0.1, -0.05) is 23.7 Å². The fourth-order valence-electron chi connectivity index (χ4n) is 1.64. The van der Waals surface area contributed by atoms with Gasteiger partial charge >= 0.3 is 0 Å². The van der Waals surface area contributed by atoms with E-state index in [1.807, 2.05) is 25.1 Å². The Kier molecular flexibility index (Phi) is 3.50. The van der Waals surface area contributed by atoms with Gasteiger partial charge < -0.3 is 5.32 Å². The molecule has 2 aromatic rings. The van der Waals surface area contributed by atoms with Crippen LogP contribution < -0.4 is 5.32 Å². The molecular formula is C14H10ClFN2. The molecule has 0 fully saturated rings. The fraction of sp³-hybridized carbons (Fsp3) is 0.0714. The Morgan fingerprint density at radius 3 is 2.72 bits per heavy atom. The predicted molar refractivity (Wildman–Crippen MR) is 70.6 cm³/mol. The Labute approximate surface area is 110 Å². The third-order valence-electron chi connectivity index (χ3n) is 2.58. The molecule has 0 radical (unpaired) electrons. The van der Waals surface area contributed by atoms with Gasteiger partial charge in [-0.15, -0.1) is 0 Å². The maximum Gasteiger partial charge on any atom is 0.124 e. The molecule has 4 heteroatoms. The van der Waals surface area contributed by atoms with E-state index in [1.165, 1.54) is 18.2 Å². The van der Waals surface area contributed by atoms with Gasteiger partial charge in [-0.2, -0.15) is 5.26 Å². The summed E-state index contributed by atoms with van der Waals surface area (Å²) in [5.41, 5.74) is 2.46. The number of nitrogens with one attached hydrogen (secondary N) is 1. The number of hydrogen-bond donors (Lipinski definition) is 1. The van der Waals surface area contributed by atoms with E-state index in [1.54, 1.807) is 6.07 Å². The third kappa shape index (κ3) is 2.44. The molecule has 0 amide bonds. The van der Waals surface area contributed by atoms with Crippen LogP contribution in [0.2, 0.25) is 5.02 Å². The standard InChI is InChI=1S/C14H10ClFN2/c1-9-3-2-4-12(15)14(9)18-13-6-5-11(16)7-10(13)8-17/h2-7,18H,1H3. The highest BCUT2D eigenvalue weighted by Gasteiger charge is 2.08. The molecule has 1 N–H and O–H groups in total. The molecule has 0 unspecified atom stereocenters. The minimum Gasteiger partial charge on any atom is -0.353 e. The number of halogens is 2. The minimum absolute atomic E-state index is 0.245. The normalized spacial score (nSPS) is 9.89. The van der Waals surface area contributed by atoms with Crippen LogP contribution in [0.25, 0.3) is 0 Å². The van der Waals surface area contributed by atoms with Crippen molar-refractivity contribution < 1.29 is 4.39 Å². The van der Waals surface area contributed by atoms with Crippen molar-refractivity contribution in [2.24, 2.45) is 0 Å². The van der Waals surface area contributed by atoms with E-state index < -0.39 is 5.82 Å². The molecule has 0 spiro atoms. The van der Waals surface area contributed by atoms with Crippen molar-refractivity contribution in [1.82, 2.24) is 0 Å². The van der Waals surface area contributed by atoms with Crippen molar-refractivity contribution in [3.63, 3.8) is 0 Å². The molecule has 0 aromatic heterocycles. The van der Waals surface area contributed by atoms with E-state index in [9.17, 15) is 4.39 Å². The average molecular weight is 261 g/mol. The van der Waals surface area contributed by atoms with E-state index >= 15 is 0 Å². The zero-order chi connectivity index (χ0) is 13.1. The van der Waals surface area contributed by atoms with E-state index in [2.05, 4.69) is 5.32 Å². The second kappa shape index (κ2) is 5.07. The highest BCUT2D eigenvalue weighted by molar-refractivity contribution is 6.33. The molecule has 2 nitrogen and oxygen atoms in total. The van der Waals surface area contributed by atoms with Crippen LogP contribution in [-0.4, -0.2) is 0 Å². The summed E-state index contributed by atoms with van der Waals surface area (Å²) >= 11 is 6.09. The molecule has 18 heavy (non-hydrogen) atoms. The SMILES string of the molecule is Cc1cccc(Cl)c1Nc1ccc(F)cc1C#N. The summed E-state index contributed by atoms with van der Waals surface area (Å²) in [7, 11) is 0. The Hall–Kier alpha value is -2.05. The molecule has 0 aliphatic carbocycles. The first-order valence-electron chi connectivity index (χ1n) is 5.33. The summed E-state index contributed by atoms with van der Waals surface area (Å²) in [5.74, 6) is -0.437. The second-order valence-electron chi connectivity index (χ2n) is 3.86. The van der Waals surface area contributed by atoms with Crippen molar-refractivity contribution >= 4 is 23.0 Å². The average Bonchev–Trinajstić information content (AvgIpc) is 2.35. The molecule has 0 aliphatic rings. The number of para-hydroxylation sites is 1. The Balaban J connectivity index is 2.44. The van der Waals surface area contributed by atoms with Gasteiger partial charge in [0.2, 0.25) is 0 Å². The van der Waals surface area contributed by atoms with E-state index in [0.717, 1.165) is 11.3 Å². The van der Waals surface area contributed by atoms with Gasteiger partial charge in [0, 0.05) is 0 Å². The van der Waals surface area contributed by atoms with Crippen LogP contribution in [0, 0.1) is 24.1 Å². The first-order chi connectivity index (χ1) is 8.61. The third-order valence-corrected chi connectivity index (χ3v) is 2.90. The maximum absolute atomic E-state index is 13.0. The van der Waals surface area contributed by atoms with Crippen molar-refractivity contribution in [3.05, 3.63) is 58.4 Å². The van der Waals surface area contributed by atoms with Crippen molar-refractivity contribution in [2.75, 3.05) is 5.32 Å². The van der Waals surface area contributed by atoms with Gasteiger partial charge in [0.1, 0.15) is 11.9 Å². The van der Waals surface area contributed by atoms with Crippen LogP contribution in [0.4, 0.5) is 15.8 Å². The lowest BCUT2D eigenvalue weighted by molar-refractivity contribution is 0.627. The zero-order valence-corrected chi connectivity index (χ0v) is 10.4.